The number of benzene rings is 1. The summed E-state index contributed by atoms with van der Waals surface area (Å²) in [5.74, 6) is 0.648. The van der Waals surface area contributed by atoms with Gasteiger partial charge in [0.05, 0.1) is 15.5 Å². The summed E-state index contributed by atoms with van der Waals surface area (Å²) in [5.41, 5.74) is 0.0647. The van der Waals surface area contributed by atoms with Gasteiger partial charge in [0.2, 0.25) is 10.0 Å². The number of sulfonamides is 1. The van der Waals surface area contributed by atoms with Crippen molar-refractivity contribution in [3.8, 4) is 0 Å². The average Bonchev–Trinajstić information content (AvgIpc) is 2.40. The van der Waals surface area contributed by atoms with Crippen LogP contribution >= 0.6 is 11.6 Å². The van der Waals surface area contributed by atoms with E-state index in [2.05, 4.69) is 5.32 Å². The molecule has 1 fully saturated rings. The van der Waals surface area contributed by atoms with Crippen molar-refractivity contribution >= 4 is 38.3 Å². The van der Waals surface area contributed by atoms with Crippen LogP contribution in [0, 0.1) is 0 Å². The number of halogens is 1. The van der Waals surface area contributed by atoms with Gasteiger partial charge in [-0.25, -0.2) is 13.6 Å². The van der Waals surface area contributed by atoms with Crippen LogP contribution in [0.5, 0.6) is 0 Å². The zero-order chi connectivity index (χ0) is 15.6. The summed E-state index contributed by atoms with van der Waals surface area (Å²) < 4.78 is 33.9. The summed E-state index contributed by atoms with van der Waals surface area (Å²) >= 11 is 5.94. The molecule has 0 atom stereocenters. The van der Waals surface area contributed by atoms with Gasteiger partial charge >= 0.3 is 0 Å². The Labute approximate surface area is 130 Å². The summed E-state index contributed by atoms with van der Waals surface area (Å²) in [6.45, 7) is 0. The molecule has 1 aliphatic rings. The number of hydrogen-bond donors (Lipinski definition) is 2. The smallest absolute Gasteiger partial charge is 0.253 e. The Hall–Kier alpha value is -0.960. The Bertz CT molecular complexity index is 680. The summed E-state index contributed by atoms with van der Waals surface area (Å²) in [4.78, 5) is 12.0. The molecule has 1 heterocycles. The number of hydrogen-bond acceptors (Lipinski definition) is 4. The van der Waals surface area contributed by atoms with E-state index in [1.165, 1.54) is 12.1 Å². The Morgan fingerprint density at radius 1 is 1.33 bits per heavy atom. The van der Waals surface area contributed by atoms with Gasteiger partial charge in [0.1, 0.15) is 0 Å². The van der Waals surface area contributed by atoms with Gasteiger partial charge in [-0.3, -0.25) is 9.00 Å². The predicted octanol–water partition coefficient (Wildman–Crippen LogP) is 0.628. The monoisotopic (exact) mass is 350 g/mol. The van der Waals surface area contributed by atoms with Crippen molar-refractivity contribution in [1.82, 2.24) is 5.32 Å². The summed E-state index contributed by atoms with van der Waals surface area (Å²) in [6, 6.07) is 3.66. The first-order chi connectivity index (χ1) is 9.77. The molecule has 116 valence electrons. The van der Waals surface area contributed by atoms with Crippen molar-refractivity contribution < 1.29 is 17.4 Å². The number of carbonyl (C=O) groups excluding carboxylic acids is 1. The molecule has 1 aromatic rings. The normalized spacial score (nSPS) is 22.8. The van der Waals surface area contributed by atoms with Crippen LogP contribution in [0.3, 0.4) is 0 Å². The summed E-state index contributed by atoms with van der Waals surface area (Å²) in [6.07, 6.45) is 1.26. The van der Waals surface area contributed by atoms with Crippen LogP contribution in [-0.2, 0) is 20.8 Å². The molecule has 3 N–H and O–H groups in total. The number of primary sulfonamides is 1. The molecule has 9 heteroatoms. The first kappa shape index (κ1) is 16.4. The van der Waals surface area contributed by atoms with Crippen molar-refractivity contribution in [1.29, 1.82) is 0 Å². The minimum Gasteiger partial charge on any atom is -0.349 e. The van der Waals surface area contributed by atoms with Crippen LogP contribution in [0.2, 0.25) is 5.02 Å². The van der Waals surface area contributed by atoms with Crippen LogP contribution < -0.4 is 10.5 Å². The van der Waals surface area contributed by atoms with Gasteiger partial charge in [0, 0.05) is 28.3 Å². The highest BCUT2D eigenvalue weighted by Crippen LogP contribution is 2.20. The van der Waals surface area contributed by atoms with Crippen molar-refractivity contribution in [3.63, 3.8) is 0 Å². The largest absolute Gasteiger partial charge is 0.349 e. The number of amides is 1. The maximum absolute atomic E-state index is 12.2. The Morgan fingerprint density at radius 2 is 1.95 bits per heavy atom. The highest BCUT2D eigenvalue weighted by molar-refractivity contribution is 7.89. The Balaban J connectivity index is 2.17. The standard InChI is InChI=1S/C12H15ClN2O4S2/c13-11-2-1-9(21(14,18)19)7-10(11)12(16)15-8-3-5-20(17)6-4-8/h1-2,7-8H,3-6H2,(H,15,16)(H2,14,18,19). The molecular formula is C12H15ClN2O4S2. The molecule has 1 saturated heterocycles. The summed E-state index contributed by atoms with van der Waals surface area (Å²) in [5, 5.41) is 7.97. The minimum absolute atomic E-state index is 0.0647. The third-order valence-corrected chi connectivity index (χ3v) is 5.86. The van der Waals surface area contributed by atoms with Gasteiger partial charge in [-0.1, -0.05) is 11.6 Å². The molecule has 0 bridgehead atoms. The lowest BCUT2D eigenvalue weighted by Crippen LogP contribution is -2.39. The van der Waals surface area contributed by atoms with Crippen LogP contribution in [0.25, 0.3) is 0 Å². The van der Waals surface area contributed by atoms with Gasteiger partial charge in [0.15, 0.2) is 0 Å². The van der Waals surface area contributed by atoms with Crippen LogP contribution in [0.4, 0.5) is 0 Å². The van der Waals surface area contributed by atoms with Crippen molar-refractivity contribution in [2.24, 2.45) is 5.14 Å². The lowest BCUT2D eigenvalue weighted by atomic mass is 10.1. The zero-order valence-corrected chi connectivity index (χ0v) is 13.4. The van der Waals surface area contributed by atoms with E-state index in [1.54, 1.807) is 0 Å². The van der Waals surface area contributed by atoms with Crippen molar-refractivity contribution in [3.05, 3.63) is 28.8 Å². The Kier molecular flexibility index (Phi) is 5.03. The second kappa shape index (κ2) is 6.43. The van der Waals surface area contributed by atoms with E-state index < -0.39 is 26.7 Å². The molecule has 0 aromatic heterocycles. The second-order valence-electron chi connectivity index (χ2n) is 4.78. The first-order valence-corrected chi connectivity index (χ1v) is 9.67. The molecule has 1 aliphatic heterocycles. The highest BCUT2D eigenvalue weighted by Gasteiger charge is 2.22. The number of nitrogens with one attached hydrogen (secondary N) is 1. The van der Waals surface area contributed by atoms with Crippen LogP contribution in [0.1, 0.15) is 23.2 Å². The molecule has 0 unspecified atom stereocenters. The van der Waals surface area contributed by atoms with E-state index in [1.807, 2.05) is 0 Å². The molecule has 0 aliphatic carbocycles. The van der Waals surface area contributed by atoms with Crippen LogP contribution in [0.15, 0.2) is 23.1 Å². The molecule has 21 heavy (non-hydrogen) atoms. The molecule has 1 amide bonds. The van der Waals surface area contributed by atoms with Crippen molar-refractivity contribution in [2.45, 2.75) is 23.8 Å². The van der Waals surface area contributed by atoms with E-state index in [0.29, 0.717) is 24.3 Å². The SMILES string of the molecule is NS(=O)(=O)c1ccc(Cl)c(C(=O)NC2CCS(=O)CC2)c1. The number of rotatable bonds is 3. The number of nitrogens with two attached hydrogens (primary N) is 1. The maximum atomic E-state index is 12.2. The molecule has 6 nitrogen and oxygen atoms in total. The van der Waals surface area contributed by atoms with Gasteiger partial charge in [0.25, 0.3) is 5.91 Å². The fourth-order valence-corrected chi connectivity index (χ4v) is 4.10. The fraction of sp³-hybridized carbons (Fsp3) is 0.417. The first-order valence-electron chi connectivity index (χ1n) is 6.25. The third-order valence-electron chi connectivity index (χ3n) is 3.23. The molecule has 0 saturated carbocycles. The summed E-state index contributed by atoms with van der Waals surface area (Å²) in [7, 11) is -4.71. The van der Waals surface area contributed by atoms with Gasteiger partial charge in [-0.2, -0.15) is 0 Å². The van der Waals surface area contributed by atoms with Gasteiger partial charge in [-0.05, 0) is 31.0 Å². The Morgan fingerprint density at radius 3 is 2.52 bits per heavy atom. The topological polar surface area (TPSA) is 106 Å². The lowest BCUT2D eigenvalue weighted by molar-refractivity contribution is 0.0934. The quantitative estimate of drug-likeness (QED) is 0.833. The van der Waals surface area contributed by atoms with Crippen molar-refractivity contribution in [2.75, 3.05) is 11.5 Å². The highest BCUT2D eigenvalue weighted by atomic mass is 35.5. The van der Waals surface area contributed by atoms with E-state index in [-0.39, 0.29) is 21.5 Å². The molecule has 2 rings (SSSR count). The minimum atomic E-state index is -3.89. The van der Waals surface area contributed by atoms with E-state index in [0.717, 1.165) is 6.07 Å². The zero-order valence-electron chi connectivity index (χ0n) is 11.0. The van der Waals surface area contributed by atoms with E-state index in [4.69, 9.17) is 16.7 Å². The number of carbonyl (C=O) groups is 1. The molecule has 1 aromatic carbocycles. The van der Waals surface area contributed by atoms with E-state index in [9.17, 15) is 17.4 Å². The average molecular weight is 351 g/mol. The maximum Gasteiger partial charge on any atom is 0.253 e. The third kappa shape index (κ3) is 4.26. The van der Waals surface area contributed by atoms with Crippen LogP contribution in [-0.4, -0.2) is 36.1 Å². The lowest BCUT2D eigenvalue weighted by Gasteiger charge is -2.22. The predicted molar refractivity (Wildman–Crippen MR) is 81.2 cm³/mol. The fourth-order valence-electron chi connectivity index (χ4n) is 2.06. The molecule has 0 spiro atoms. The van der Waals surface area contributed by atoms with E-state index >= 15 is 0 Å². The van der Waals surface area contributed by atoms with Gasteiger partial charge < -0.3 is 5.32 Å². The van der Waals surface area contributed by atoms with Gasteiger partial charge in [-0.15, -0.1) is 0 Å². The second-order valence-corrected chi connectivity index (χ2v) is 8.45. The molecule has 0 radical (unpaired) electrons. The molecular weight excluding hydrogens is 336 g/mol.